The van der Waals surface area contributed by atoms with Crippen molar-refractivity contribution in [3.05, 3.63) is 34.5 Å². The maximum absolute atomic E-state index is 2.35. The SMILES string of the molecule is C[N+]1(Cc2cccs2)CC=CCC1.[I-]. The van der Waals surface area contributed by atoms with Crippen LogP contribution in [0.15, 0.2) is 29.7 Å². The van der Waals surface area contributed by atoms with Gasteiger partial charge in [0.2, 0.25) is 0 Å². The van der Waals surface area contributed by atoms with E-state index < -0.39 is 0 Å². The largest absolute Gasteiger partial charge is 1.00 e. The predicted octanol–water partition coefficient (Wildman–Crippen LogP) is -0.341. The Kier molecular flexibility index (Phi) is 4.60. The first kappa shape index (κ1) is 12.2. The van der Waals surface area contributed by atoms with E-state index in [4.69, 9.17) is 0 Å². The van der Waals surface area contributed by atoms with Crippen LogP contribution in [0.2, 0.25) is 0 Å². The molecule has 0 radical (unpaired) electrons. The third kappa shape index (κ3) is 3.07. The van der Waals surface area contributed by atoms with Gasteiger partial charge in [0.15, 0.2) is 0 Å². The van der Waals surface area contributed by atoms with Crippen molar-refractivity contribution >= 4 is 11.3 Å². The van der Waals surface area contributed by atoms with E-state index in [1.54, 1.807) is 0 Å². The lowest BCUT2D eigenvalue weighted by atomic mass is 10.2. The molecule has 1 aliphatic heterocycles. The molecule has 14 heavy (non-hydrogen) atoms. The molecule has 0 spiro atoms. The first-order chi connectivity index (χ1) is 6.29. The molecule has 1 nitrogen and oxygen atoms in total. The molecule has 3 heteroatoms. The van der Waals surface area contributed by atoms with Crippen LogP contribution in [0.4, 0.5) is 0 Å². The average molecular weight is 321 g/mol. The van der Waals surface area contributed by atoms with Crippen LogP contribution >= 0.6 is 11.3 Å². The van der Waals surface area contributed by atoms with Crippen LogP contribution in [-0.2, 0) is 6.54 Å². The predicted molar refractivity (Wildman–Crippen MR) is 57.7 cm³/mol. The second-order valence-electron chi connectivity index (χ2n) is 4.02. The summed E-state index contributed by atoms with van der Waals surface area (Å²) in [5, 5.41) is 2.17. The molecule has 78 valence electrons. The number of likely N-dealkylation sites (N-methyl/N-ethyl adjacent to an activating group) is 1. The van der Waals surface area contributed by atoms with E-state index >= 15 is 0 Å². The Balaban J connectivity index is 0.000000980. The zero-order chi connectivity index (χ0) is 9.15. The molecule has 0 N–H and O–H groups in total. The molecular formula is C11H16INS. The van der Waals surface area contributed by atoms with Crippen molar-refractivity contribution in [1.29, 1.82) is 0 Å². The topological polar surface area (TPSA) is 0 Å². The van der Waals surface area contributed by atoms with Gasteiger partial charge >= 0.3 is 0 Å². The average Bonchev–Trinajstić information content (AvgIpc) is 2.57. The van der Waals surface area contributed by atoms with Crippen molar-refractivity contribution in [3.8, 4) is 0 Å². The summed E-state index contributed by atoms with van der Waals surface area (Å²) in [5.74, 6) is 0. The molecule has 1 aliphatic rings. The van der Waals surface area contributed by atoms with Gasteiger partial charge in [-0.1, -0.05) is 12.1 Å². The third-order valence-electron chi connectivity index (χ3n) is 2.67. The summed E-state index contributed by atoms with van der Waals surface area (Å²) < 4.78 is 1.18. The van der Waals surface area contributed by atoms with Crippen LogP contribution in [0.25, 0.3) is 0 Å². The zero-order valence-electron chi connectivity index (χ0n) is 8.45. The lowest BCUT2D eigenvalue weighted by Gasteiger charge is -2.34. The highest BCUT2D eigenvalue weighted by atomic mass is 127. The highest BCUT2D eigenvalue weighted by molar-refractivity contribution is 7.09. The number of rotatable bonds is 2. The van der Waals surface area contributed by atoms with Gasteiger partial charge in [-0.25, -0.2) is 0 Å². The van der Waals surface area contributed by atoms with Crippen molar-refractivity contribution in [3.63, 3.8) is 0 Å². The van der Waals surface area contributed by atoms with E-state index in [2.05, 4.69) is 36.7 Å². The van der Waals surface area contributed by atoms with Gasteiger partial charge in [0.1, 0.15) is 6.54 Å². The number of hydrogen-bond donors (Lipinski definition) is 0. The van der Waals surface area contributed by atoms with E-state index in [9.17, 15) is 0 Å². The van der Waals surface area contributed by atoms with E-state index in [0.717, 1.165) is 0 Å². The summed E-state index contributed by atoms with van der Waals surface area (Å²) in [6.45, 7) is 3.67. The van der Waals surface area contributed by atoms with Crippen molar-refractivity contribution in [1.82, 2.24) is 0 Å². The molecular weight excluding hydrogens is 305 g/mol. The van der Waals surface area contributed by atoms with Crippen LogP contribution in [0, 0.1) is 0 Å². The highest BCUT2D eigenvalue weighted by Crippen LogP contribution is 2.19. The number of nitrogens with zero attached hydrogens (tertiary/aromatic N) is 1. The minimum Gasteiger partial charge on any atom is -1.00 e. The van der Waals surface area contributed by atoms with Gasteiger partial charge in [-0.3, -0.25) is 0 Å². The number of thiophene rings is 1. The minimum absolute atomic E-state index is 0. The summed E-state index contributed by atoms with van der Waals surface area (Å²) in [4.78, 5) is 1.51. The smallest absolute Gasteiger partial charge is 0.114 e. The fraction of sp³-hybridized carbons (Fsp3) is 0.455. The summed E-state index contributed by atoms with van der Waals surface area (Å²) >= 11 is 1.88. The molecule has 0 aliphatic carbocycles. The third-order valence-corrected chi connectivity index (χ3v) is 3.53. The maximum Gasteiger partial charge on any atom is 0.114 e. The maximum atomic E-state index is 2.35. The van der Waals surface area contributed by atoms with Gasteiger partial charge in [0.25, 0.3) is 0 Å². The van der Waals surface area contributed by atoms with Crippen LogP contribution in [-0.4, -0.2) is 24.6 Å². The molecule has 1 aromatic rings. The van der Waals surface area contributed by atoms with Crippen molar-refractivity contribution in [2.24, 2.45) is 0 Å². The Morgan fingerprint density at radius 3 is 2.86 bits per heavy atom. The molecule has 0 saturated heterocycles. The number of quaternary nitrogens is 1. The molecule has 0 amide bonds. The van der Waals surface area contributed by atoms with Gasteiger partial charge in [-0.2, -0.15) is 0 Å². The highest BCUT2D eigenvalue weighted by Gasteiger charge is 2.22. The number of halogens is 1. The van der Waals surface area contributed by atoms with Crippen molar-refractivity contribution in [2.45, 2.75) is 13.0 Å². The Bertz CT molecular complexity index is 294. The van der Waals surface area contributed by atoms with Gasteiger partial charge in [-0.05, 0) is 17.5 Å². The molecule has 2 heterocycles. The van der Waals surface area contributed by atoms with E-state index in [-0.39, 0.29) is 24.0 Å². The Morgan fingerprint density at radius 1 is 1.43 bits per heavy atom. The Labute approximate surface area is 107 Å². The Hall–Kier alpha value is 0.130. The lowest BCUT2D eigenvalue weighted by Crippen LogP contribution is -3.00. The second kappa shape index (κ2) is 5.28. The lowest BCUT2D eigenvalue weighted by molar-refractivity contribution is -0.917. The van der Waals surface area contributed by atoms with E-state index in [0.29, 0.717) is 0 Å². The first-order valence-electron chi connectivity index (χ1n) is 4.79. The van der Waals surface area contributed by atoms with Crippen LogP contribution < -0.4 is 24.0 Å². The summed E-state index contributed by atoms with van der Waals surface area (Å²) in [5.41, 5.74) is 0. The fourth-order valence-electron chi connectivity index (χ4n) is 1.85. The quantitative estimate of drug-likeness (QED) is 0.397. The number of hydrogen-bond acceptors (Lipinski definition) is 1. The normalized spacial score (nSPS) is 25.8. The van der Waals surface area contributed by atoms with Crippen LogP contribution in [0.5, 0.6) is 0 Å². The summed E-state index contributed by atoms with van der Waals surface area (Å²) in [7, 11) is 2.35. The van der Waals surface area contributed by atoms with Crippen molar-refractivity contribution in [2.75, 3.05) is 20.1 Å². The molecule has 1 atom stereocenters. The first-order valence-corrected chi connectivity index (χ1v) is 5.67. The van der Waals surface area contributed by atoms with E-state index in [1.165, 1.54) is 35.4 Å². The van der Waals surface area contributed by atoms with Crippen LogP contribution in [0.1, 0.15) is 11.3 Å². The molecule has 0 saturated carbocycles. The molecule has 1 unspecified atom stereocenters. The zero-order valence-corrected chi connectivity index (χ0v) is 11.4. The van der Waals surface area contributed by atoms with Gasteiger partial charge in [-0.15, -0.1) is 11.3 Å². The van der Waals surface area contributed by atoms with Crippen LogP contribution in [0.3, 0.4) is 0 Å². The molecule has 0 fully saturated rings. The Morgan fingerprint density at radius 2 is 2.29 bits per heavy atom. The standard InChI is InChI=1S/C11H16NS.HI/c1-12(7-3-2-4-8-12)10-11-6-5-9-13-11;/h2-3,5-6,9H,4,7-8,10H2,1H3;1H/q+1;/p-1. The second-order valence-corrected chi connectivity index (χ2v) is 5.06. The monoisotopic (exact) mass is 321 g/mol. The molecule has 2 rings (SSSR count). The molecule has 0 bridgehead atoms. The van der Waals surface area contributed by atoms with E-state index in [1.807, 2.05) is 11.3 Å². The van der Waals surface area contributed by atoms with Gasteiger partial charge in [0, 0.05) is 6.42 Å². The fourth-order valence-corrected chi connectivity index (χ4v) is 2.72. The minimum atomic E-state index is 0. The van der Waals surface area contributed by atoms with Gasteiger partial charge < -0.3 is 28.5 Å². The molecule has 1 aromatic heterocycles. The van der Waals surface area contributed by atoms with Crippen molar-refractivity contribution < 1.29 is 28.5 Å². The summed E-state index contributed by atoms with van der Waals surface area (Å²) in [6, 6.07) is 4.39. The molecule has 0 aromatic carbocycles. The van der Waals surface area contributed by atoms with Gasteiger partial charge in [0.05, 0.1) is 25.0 Å². The summed E-state index contributed by atoms with van der Waals surface area (Å²) in [6.07, 6.45) is 5.85.